The summed E-state index contributed by atoms with van der Waals surface area (Å²) in [7, 11) is 3.54. The lowest BCUT2D eigenvalue weighted by atomic mass is 10.1. The SMILES string of the molecule is CCC[C@H](c1nc2cc(F)c(OC)cc2c(=O)n1CC)N1CCCN(C)CC1. The van der Waals surface area contributed by atoms with E-state index in [0.29, 0.717) is 17.4 Å². The van der Waals surface area contributed by atoms with Crippen LogP contribution in [0.25, 0.3) is 10.9 Å². The first-order valence-corrected chi connectivity index (χ1v) is 10.2. The third kappa shape index (κ3) is 4.05. The van der Waals surface area contributed by atoms with E-state index < -0.39 is 5.82 Å². The Kier molecular flexibility index (Phi) is 6.67. The molecule has 154 valence electrons. The second-order valence-corrected chi connectivity index (χ2v) is 7.52. The topological polar surface area (TPSA) is 50.6 Å². The zero-order chi connectivity index (χ0) is 20.3. The molecule has 3 rings (SSSR count). The van der Waals surface area contributed by atoms with Crippen molar-refractivity contribution >= 4 is 10.9 Å². The molecule has 1 aliphatic rings. The minimum absolute atomic E-state index is 0.0544. The zero-order valence-corrected chi connectivity index (χ0v) is 17.4. The number of halogens is 1. The third-order valence-electron chi connectivity index (χ3n) is 5.63. The van der Waals surface area contributed by atoms with E-state index in [0.717, 1.165) is 51.3 Å². The predicted octanol–water partition coefficient (Wildman–Crippen LogP) is 3.04. The van der Waals surface area contributed by atoms with E-state index in [4.69, 9.17) is 9.72 Å². The minimum Gasteiger partial charge on any atom is -0.494 e. The first-order chi connectivity index (χ1) is 13.5. The smallest absolute Gasteiger partial charge is 0.261 e. The largest absolute Gasteiger partial charge is 0.494 e. The lowest BCUT2D eigenvalue weighted by Gasteiger charge is -2.31. The maximum absolute atomic E-state index is 14.3. The highest BCUT2D eigenvalue weighted by atomic mass is 19.1. The monoisotopic (exact) mass is 390 g/mol. The van der Waals surface area contributed by atoms with Gasteiger partial charge in [0.2, 0.25) is 0 Å². The number of aromatic nitrogens is 2. The van der Waals surface area contributed by atoms with Crippen LogP contribution in [0, 0.1) is 5.82 Å². The molecule has 28 heavy (non-hydrogen) atoms. The molecule has 1 fully saturated rings. The summed E-state index contributed by atoms with van der Waals surface area (Å²) in [6.45, 7) is 8.63. The zero-order valence-electron chi connectivity index (χ0n) is 17.4. The summed E-state index contributed by atoms with van der Waals surface area (Å²) in [5.74, 6) is 0.323. The Bertz CT molecular complexity index is 883. The summed E-state index contributed by atoms with van der Waals surface area (Å²) >= 11 is 0. The van der Waals surface area contributed by atoms with Crippen molar-refractivity contribution in [1.82, 2.24) is 19.4 Å². The first kappa shape index (κ1) is 20.7. The molecule has 1 atom stereocenters. The van der Waals surface area contributed by atoms with E-state index in [-0.39, 0.29) is 17.4 Å². The number of nitrogens with zero attached hydrogens (tertiary/aromatic N) is 4. The van der Waals surface area contributed by atoms with Crippen molar-refractivity contribution in [2.45, 2.75) is 45.7 Å². The second-order valence-electron chi connectivity index (χ2n) is 7.52. The van der Waals surface area contributed by atoms with Gasteiger partial charge in [0, 0.05) is 32.2 Å². The summed E-state index contributed by atoms with van der Waals surface area (Å²) in [6, 6.07) is 2.84. The van der Waals surface area contributed by atoms with Gasteiger partial charge in [-0.3, -0.25) is 14.3 Å². The summed E-state index contributed by atoms with van der Waals surface area (Å²) in [5, 5.41) is 0.398. The van der Waals surface area contributed by atoms with Crippen molar-refractivity contribution in [1.29, 1.82) is 0 Å². The van der Waals surface area contributed by atoms with Crippen LogP contribution in [-0.4, -0.2) is 59.7 Å². The molecule has 1 aliphatic heterocycles. The normalized spacial score (nSPS) is 17.6. The molecule has 1 aromatic carbocycles. The lowest BCUT2D eigenvalue weighted by molar-refractivity contribution is 0.180. The van der Waals surface area contributed by atoms with Crippen molar-refractivity contribution < 1.29 is 9.13 Å². The van der Waals surface area contributed by atoms with Crippen molar-refractivity contribution in [3.8, 4) is 5.75 Å². The number of fused-ring (bicyclic) bond motifs is 1. The van der Waals surface area contributed by atoms with Gasteiger partial charge >= 0.3 is 0 Å². The number of rotatable bonds is 6. The van der Waals surface area contributed by atoms with Gasteiger partial charge in [-0.2, -0.15) is 0 Å². The standard InChI is InChI=1S/C21H31FN4O2/c1-5-8-18(25-10-7-9-24(3)11-12-25)20-23-17-14-16(22)19(28-4)13-15(17)21(27)26(20)6-2/h13-14,18H,5-12H2,1-4H3/t18-/m1/s1. The summed E-state index contributed by atoms with van der Waals surface area (Å²) in [5.41, 5.74) is 0.268. The molecule has 0 radical (unpaired) electrons. The fraction of sp³-hybridized carbons (Fsp3) is 0.619. The van der Waals surface area contributed by atoms with E-state index in [1.165, 1.54) is 19.2 Å². The summed E-state index contributed by atoms with van der Waals surface area (Å²) < 4.78 is 21.1. The maximum atomic E-state index is 14.3. The first-order valence-electron chi connectivity index (χ1n) is 10.2. The van der Waals surface area contributed by atoms with E-state index in [2.05, 4.69) is 23.8 Å². The van der Waals surface area contributed by atoms with E-state index in [1.54, 1.807) is 4.57 Å². The van der Waals surface area contributed by atoms with Gasteiger partial charge in [0.25, 0.3) is 5.56 Å². The number of hydrogen-bond acceptors (Lipinski definition) is 5. The summed E-state index contributed by atoms with van der Waals surface area (Å²) in [6.07, 6.45) is 3.00. The Labute approximate surface area is 165 Å². The Morgan fingerprint density at radius 2 is 2.00 bits per heavy atom. The minimum atomic E-state index is -0.495. The molecule has 2 aromatic rings. The number of likely N-dealkylation sites (N-methyl/N-ethyl adjacent to an activating group) is 1. The van der Waals surface area contributed by atoms with Crippen molar-refractivity contribution in [2.24, 2.45) is 0 Å². The molecular formula is C21H31FN4O2. The highest BCUT2D eigenvalue weighted by Crippen LogP contribution is 2.28. The Balaban J connectivity index is 2.13. The molecule has 2 heterocycles. The number of methoxy groups -OCH3 is 1. The molecule has 0 spiro atoms. The molecule has 7 heteroatoms. The Morgan fingerprint density at radius 1 is 1.21 bits per heavy atom. The average Bonchev–Trinajstić information content (AvgIpc) is 2.90. The maximum Gasteiger partial charge on any atom is 0.261 e. The second kappa shape index (κ2) is 9.01. The van der Waals surface area contributed by atoms with Crippen LogP contribution >= 0.6 is 0 Å². The van der Waals surface area contributed by atoms with Crippen LogP contribution in [0.4, 0.5) is 4.39 Å². The van der Waals surface area contributed by atoms with Gasteiger partial charge in [-0.1, -0.05) is 13.3 Å². The lowest BCUT2D eigenvalue weighted by Crippen LogP contribution is -2.37. The number of ether oxygens (including phenoxy) is 1. The fourth-order valence-electron chi connectivity index (χ4n) is 4.08. The molecule has 1 saturated heterocycles. The Hall–Kier alpha value is -1.99. The molecule has 0 N–H and O–H groups in total. The van der Waals surface area contributed by atoms with Crippen LogP contribution in [-0.2, 0) is 6.54 Å². The van der Waals surface area contributed by atoms with Crippen LogP contribution in [0.15, 0.2) is 16.9 Å². The third-order valence-corrected chi connectivity index (χ3v) is 5.63. The quantitative estimate of drug-likeness (QED) is 0.759. The van der Waals surface area contributed by atoms with Gasteiger partial charge < -0.3 is 9.64 Å². The van der Waals surface area contributed by atoms with Gasteiger partial charge in [-0.05, 0) is 39.4 Å². The van der Waals surface area contributed by atoms with Crippen LogP contribution in [0.3, 0.4) is 0 Å². The molecule has 0 saturated carbocycles. The molecule has 6 nitrogen and oxygen atoms in total. The van der Waals surface area contributed by atoms with Crippen LogP contribution in [0.5, 0.6) is 5.75 Å². The van der Waals surface area contributed by atoms with Crippen LogP contribution in [0.1, 0.15) is 45.0 Å². The van der Waals surface area contributed by atoms with Crippen LogP contribution < -0.4 is 10.3 Å². The molecule has 0 bridgehead atoms. The fourth-order valence-corrected chi connectivity index (χ4v) is 4.08. The predicted molar refractivity (Wildman–Crippen MR) is 110 cm³/mol. The molecular weight excluding hydrogens is 359 g/mol. The van der Waals surface area contributed by atoms with E-state index >= 15 is 0 Å². The number of benzene rings is 1. The van der Waals surface area contributed by atoms with Crippen molar-refractivity contribution in [3.63, 3.8) is 0 Å². The molecule has 0 unspecified atom stereocenters. The van der Waals surface area contributed by atoms with Gasteiger partial charge in [-0.25, -0.2) is 9.37 Å². The highest BCUT2D eigenvalue weighted by Gasteiger charge is 2.27. The van der Waals surface area contributed by atoms with E-state index in [1.807, 2.05) is 6.92 Å². The highest BCUT2D eigenvalue weighted by molar-refractivity contribution is 5.79. The van der Waals surface area contributed by atoms with Gasteiger partial charge in [-0.15, -0.1) is 0 Å². The molecule has 1 aromatic heterocycles. The van der Waals surface area contributed by atoms with Crippen LogP contribution in [0.2, 0.25) is 0 Å². The number of hydrogen-bond donors (Lipinski definition) is 0. The van der Waals surface area contributed by atoms with Gasteiger partial charge in [0.15, 0.2) is 11.6 Å². The summed E-state index contributed by atoms with van der Waals surface area (Å²) in [4.78, 5) is 22.8. The molecule has 0 amide bonds. The van der Waals surface area contributed by atoms with Crippen molar-refractivity contribution in [2.75, 3.05) is 40.3 Å². The van der Waals surface area contributed by atoms with E-state index in [9.17, 15) is 9.18 Å². The average molecular weight is 391 g/mol. The Morgan fingerprint density at radius 3 is 2.68 bits per heavy atom. The van der Waals surface area contributed by atoms with Crippen molar-refractivity contribution in [3.05, 3.63) is 34.1 Å². The van der Waals surface area contributed by atoms with Gasteiger partial charge in [0.1, 0.15) is 5.82 Å². The van der Waals surface area contributed by atoms with Gasteiger partial charge in [0.05, 0.1) is 24.1 Å². The molecule has 0 aliphatic carbocycles.